The summed E-state index contributed by atoms with van der Waals surface area (Å²) >= 11 is 0. The number of benzene rings is 1. The zero-order chi connectivity index (χ0) is 17.6. The van der Waals surface area contributed by atoms with Crippen molar-refractivity contribution in [2.24, 2.45) is 0 Å². The minimum Gasteiger partial charge on any atom is -0.427 e. The lowest BCUT2D eigenvalue weighted by Gasteiger charge is -2.35. The quantitative estimate of drug-likeness (QED) is 0.472. The highest BCUT2D eigenvalue weighted by Crippen LogP contribution is 2.16. The second-order valence-corrected chi connectivity index (χ2v) is 6.01. The smallest absolute Gasteiger partial charge is 0.308 e. The summed E-state index contributed by atoms with van der Waals surface area (Å²) in [7, 11) is 0. The molecule has 0 atom stereocenters. The third-order valence-electron chi connectivity index (χ3n) is 4.21. The Labute approximate surface area is 147 Å². The number of rotatable bonds is 5. The summed E-state index contributed by atoms with van der Waals surface area (Å²) < 4.78 is 4.98. The summed E-state index contributed by atoms with van der Waals surface area (Å²) in [4.78, 5) is 31.9. The fraction of sp³-hybridized carbons (Fsp3) is 0.316. The van der Waals surface area contributed by atoms with E-state index in [1.165, 1.54) is 12.6 Å². The van der Waals surface area contributed by atoms with E-state index < -0.39 is 0 Å². The molecule has 2 aromatic rings. The van der Waals surface area contributed by atoms with Gasteiger partial charge in [0, 0.05) is 56.7 Å². The van der Waals surface area contributed by atoms with Gasteiger partial charge in [-0.15, -0.1) is 0 Å². The minimum absolute atomic E-state index is 0.0757. The Morgan fingerprint density at radius 3 is 2.24 bits per heavy atom. The summed E-state index contributed by atoms with van der Waals surface area (Å²) in [5, 5.41) is 0. The van der Waals surface area contributed by atoms with Crippen LogP contribution in [-0.2, 0) is 4.79 Å². The average Bonchev–Trinajstić information content (AvgIpc) is 2.63. The summed E-state index contributed by atoms with van der Waals surface area (Å²) in [5.41, 5.74) is 1.80. The molecule has 2 heterocycles. The highest BCUT2D eigenvalue weighted by Gasteiger charge is 2.19. The number of ketones is 1. The van der Waals surface area contributed by atoms with Gasteiger partial charge in [0.05, 0.1) is 6.54 Å². The molecule has 25 heavy (non-hydrogen) atoms. The van der Waals surface area contributed by atoms with Crippen molar-refractivity contribution in [2.45, 2.75) is 6.92 Å². The Hall–Kier alpha value is -2.73. The molecule has 1 aliphatic heterocycles. The lowest BCUT2D eigenvalue weighted by atomic mass is 10.1. The maximum Gasteiger partial charge on any atom is 0.308 e. The predicted octanol–water partition coefficient (Wildman–Crippen LogP) is 2.01. The average molecular weight is 339 g/mol. The fourth-order valence-electron chi connectivity index (χ4n) is 2.89. The summed E-state index contributed by atoms with van der Waals surface area (Å²) in [6.45, 7) is 5.23. The second-order valence-electron chi connectivity index (χ2n) is 6.01. The van der Waals surface area contributed by atoms with Crippen LogP contribution in [0.4, 0.5) is 5.69 Å². The first-order valence-electron chi connectivity index (χ1n) is 8.31. The molecule has 0 N–H and O–H groups in total. The van der Waals surface area contributed by atoms with E-state index >= 15 is 0 Å². The Balaban J connectivity index is 1.51. The van der Waals surface area contributed by atoms with Gasteiger partial charge >= 0.3 is 5.97 Å². The van der Waals surface area contributed by atoms with Crippen LogP contribution in [0.15, 0.2) is 48.8 Å². The molecule has 0 unspecified atom stereocenters. The number of aromatic nitrogens is 1. The maximum absolute atomic E-state index is 12.4. The van der Waals surface area contributed by atoms with Crippen LogP contribution in [0, 0.1) is 0 Å². The van der Waals surface area contributed by atoms with Gasteiger partial charge in [0.25, 0.3) is 0 Å². The van der Waals surface area contributed by atoms with Crippen molar-refractivity contribution in [2.75, 3.05) is 37.6 Å². The SMILES string of the molecule is CC(=O)Oc1ccc(C(=O)CN2CCN(c3ccncc3)CC2)cc1. The van der Waals surface area contributed by atoms with Crippen molar-refractivity contribution in [1.29, 1.82) is 0 Å². The van der Waals surface area contributed by atoms with E-state index in [2.05, 4.69) is 14.8 Å². The van der Waals surface area contributed by atoms with Gasteiger partial charge in [-0.2, -0.15) is 0 Å². The van der Waals surface area contributed by atoms with Crippen molar-refractivity contribution in [1.82, 2.24) is 9.88 Å². The molecular formula is C19H21N3O3. The van der Waals surface area contributed by atoms with Crippen LogP contribution in [0.5, 0.6) is 5.75 Å². The Bertz CT molecular complexity index is 723. The summed E-state index contributed by atoms with van der Waals surface area (Å²) in [6.07, 6.45) is 3.59. The van der Waals surface area contributed by atoms with Crippen molar-refractivity contribution < 1.29 is 14.3 Å². The van der Waals surface area contributed by atoms with Crippen LogP contribution in [0.25, 0.3) is 0 Å². The van der Waals surface area contributed by atoms with E-state index in [1.54, 1.807) is 36.7 Å². The molecule has 130 valence electrons. The zero-order valence-electron chi connectivity index (χ0n) is 14.2. The van der Waals surface area contributed by atoms with Crippen LogP contribution in [0.2, 0.25) is 0 Å². The largest absolute Gasteiger partial charge is 0.427 e. The van der Waals surface area contributed by atoms with Gasteiger partial charge in [-0.1, -0.05) is 0 Å². The van der Waals surface area contributed by atoms with E-state index in [-0.39, 0.29) is 11.8 Å². The number of piperazine rings is 1. The van der Waals surface area contributed by atoms with Crippen molar-refractivity contribution in [3.05, 3.63) is 54.4 Å². The Morgan fingerprint density at radius 2 is 1.64 bits per heavy atom. The van der Waals surface area contributed by atoms with E-state index in [9.17, 15) is 9.59 Å². The molecule has 3 rings (SSSR count). The number of esters is 1. The number of hydrogen-bond donors (Lipinski definition) is 0. The predicted molar refractivity (Wildman–Crippen MR) is 95.0 cm³/mol. The summed E-state index contributed by atoms with van der Waals surface area (Å²) in [6, 6.07) is 10.7. The highest BCUT2D eigenvalue weighted by molar-refractivity contribution is 5.97. The molecule has 1 aromatic heterocycles. The Kier molecular flexibility index (Phi) is 5.40. The normalized spacial score (nSPS) is 15.0. The van der Waals surface area contributed by atoms with Crippen LogP contribution in [-0.4, -0.2) is 54.4 Å². The first-order valence-corrected chi connectivity index (χ1v) is 8.31. The van der Waals surface area contributed by atoms with Gasteiger partial charge in [0.1, 0.15) is 5.75 Å². The van der Waals surface area contributed by atoms with Crippen LogP contribution in [0.1, 0.15) is 17.3 Å². The molecule has 1 aromatic carbocycles. The molecule has 0 bridgehead atoms. The van der Waals surface area contributed by atoms with Crippen molar-refractivity contribution in [3.63, 3.8) is 0 Å². The number of carbonyl (C=O) groups excluding carboxylic acids is 2. The molecule has 0 spiro atoms. The number of ether oxygens (including phenoxy) is 1. The summed E-state index contributed by atoms with van der Waals surface area (Å²) in [5.74, 6) is 0.160. The molecule has 0 aliphatic carbocycles. The van der Waals surface area contributed by atoms with E-state index in [1.807, 2.05) is 12.1 Å². The van der Waals surface area contributed by atoms with Crippen molar-refractivity contribution >= 4 is 17.4 Å². The monoisotopic (exact) mass is 339 g/mol. The number of pyridine rings is 1. The van der Waals surface area contributed by atoms with Crippen molar-refractivity contribution in [3.8, 4) is 5.75 Å². The molecule has 0 saturated carbocycles. The molecule has 1 fully saturated rings. The van der Waals surface area contributed by atoms with E-state index in [4.69, 9.17) is 4.74 Å². The molecule has 6 heteroatoms. The molecule has 6 nitrogen and oxygen atoms in total. The Morgan fingerprint density at radius 1 is 1.00 bits per heavy atom. The molecular weight excluding hydrogens is 318 g/mol. The molecule has 0 radical (unpaired) electrons. The molecule has 1 saturated heterocycles. The van der Waals surface area contributed by atoms with E-state index in [0.717, 1.165) is 26.2 Å². The highest BCUT2D eigenvalue weighted by atomic mass is 16.5. The van der Waals surface area contributed by atoms with Gasteiger partial charge in [-0.05, 0) is 36.4 Å². The lowest BCUT2D eigenvalue weighted by molar-refractivity contribution is -0.131. The zero-order valence-corrected chi connectivity index (χ0v) is 14.2. The maximum atomic E-state index is 12.4. The minimum atomic E-state index is -0.369. The van der Waals surface area contributed by atoms with Gasteiger partial charge < -0.3 is 9.64 Å². The molecule has 0 amide bonds. The first kappa shape index (κ1) is 17.1. The second kappa shape index (κ2) is 7.90. The number of carbonyl (C=O) groups is 2. The fourth-order valence-corrected chi connectivity index (χ4v) is 2.89. The number of nitrogens with zero attached hydrogens (tertiary/aromatic N) is 3. The van der Waals surface area contributed by atoms with Crippen LogP contribution in [0.3, 0.4) is 0 Å². The number of Topliss-reactive ketones (excluding diaryl/α,β-unsaturated/α-hetero) is 1. The standard InChI is InChI=1S/C19H21N3O3/c1-15(23)25-18-4-2-16(3-5-18)19(24)14-21-10-12-22(13-11-21)17-6-8-20-9-7-17/h2-9H,10-14H2,1H3. The first-order chi connectivity index (χ1) is 12.1. The van der Waals surface area contributed by atoms with Gasteiger partial charge in [0.15, 0.2) is 5.78 Å². The molecule has 1 aliphatic rings. The number of anilines is 1. The topological polar surface area (TPSA) is 62.7 Å². The van der Waals surface area contributed by atoms with Gasteiger partial charge in [-0.3, -0.25) is 19.5 Å². The number of hydrogen-bond acceptors (Lipinski definition) is 6. The third-order valence-corrected chi connectivity index (χ3v) is 4.21. The van der Waals surface area contributed by atoms with Crippen LogP contribution < -0.4 is 9.64 Å². The third kappa shape index (κ3) is 4.64. The lowest BCUT2D eigenvalue weighted by Crippen LogP contribution is -2.48. The van der Waals surface area contributed by atoms with E-state index in [0.29, 0.717) is 17.9 Å². The van der Waals surface area contributed by atoms with Gasteiger partial charge in [0.2, 0.25) is 0 Å². The van der Waals surface area contributed by atoms with Gasteiger partial charge in [-0.25, -0.2) is 0 Å². The van der Waals surface area contributed by atoms with Crippen LogP contribution >= 0.6 is 0 Å².